The highest BCUT2D eigenvalue weighted by molar-refractivity contribution is 6.29. The average Bonchev–Trinajstić information content (AvgIpc) is 2.51. The van der Waals surface area contributed by atoms with Gasteiger partial charge in [-0.05, 0) is 30.7 Å². The maximum absolute atomic E-state index is 12.3. The summed E-state index contributed by atoms with van der Waals surface area (Å²) < 4.78 is 2.87. The number of aromatic nitrogens is 4. The molecular formula is C15H13ClN4O2. The van der Waals surface area contributed by atoms with Crippen molar-refractivity contribution < 1.29 is 0 Å². The monoisotopic (exact) mass is 316 g/mol. The van der Waals surface area contributed by atoms with E-state index in [0.717, 1.165) is 10.1 Å². The smallest absolute Gasteiger partial charge is 0.328 e. The van der Waals surface area contributed by atoms with Gasteiger partial charge in [0.1, 0.15) is 5.15 Å². The number of nitrogens with zero attached hydrogens (tertiary/aromatic N) is 4. The van der Waals surface area contributed by atoms with Crippen LogP contribution in [-0.2, 0) is 13.1 Å². The Balaban J connectivity index is 2.13. The second-order valence-corrected chi connectivity index (χ2v) is 5.19. The molecule has 1 aromatic heterocycles. The Kier molecular flexibility index (Phi) is 3.77. The number of halogens is 1. The Morgan fingerprint density at radius 1 is 1.23 bits per heavy atom. The van der Waals surface area contributed by atoms with Gasteiger partial charge >= 0.3 is 5.69 Å². The topological polar surface area (TPSA) is 69.8 Å². The summed E-state index contributed by atoms with van der Waals surface area (Å²) in [5, 5.41) is 0.414. The Labute approximate surface area is 131 Å². The van der Waals surface area contributed by atoms with E-state index in [9.17, 15) is 9.59 Å². The molecule has 7 heteroatoms. The van der Waals surface area contributed by atoms with Gasteiger partial charge in [-0.1, -0.05) is 17.7 Å². The van der Waals surface area contributed by atoms with Crippen molar-refractivity contribution in [1.82, 2.24) is 19.1 Å². The van der Waals surface area contributed by atoms with Crippen LogP contribution >= 0.6 is 11.6 Å². The SMILES string of the molecule is CCn1c(=O)nc2n(Cc3ccc(Cl)nc3)cccc-2c1=O. The lowest BCUT2D eigenvalue weighted by Crippen LogP contribution is -2.37. The van der Waals surface area contributed by atoms with E-state index in [1.54, 1.807) is 42.1 Å². The molecule has 0 saturated carbocycles. The molecule has 6 nitrogen and oxygen atoms in total. The molecule has 0 fully saturated rings. The molecule has 3 rings (SSSR count). The molecule has 0 atom stereocenters. The van der Waals surface area contributed by atoms with Crippen molar-refractivity contribution in [2.45, 2.75) is 20.0 Å². The van der Waals surface area contributed by atoms with Crippen LogP contribution in [-0.4, -0.2) is 19.1 Å². The average molecular weight is 317 g/mol. The molecule has 0 unspecified atom stereocenters. The first-order chi connectivity index (χ1) is 10.6. The number of rotatable bonds is 3. The molecule has 3 heterocycles. The predicted molar refractivity (Wildman–Crippen MR) is 83.4 cm³/mol. The van der Waals surface area contributed by atoms with Gasteiger partial charge in [0.15, 0.2) is 5.82 Å². The van der Waals surface area contributed by atoms with Crippen molar-refractivity contribution in [3.8, 4) is 11.4 Å². The van der Waals surface area contributed by atoms with E-state index in [2.05, 4.69) is 9.97 Å². The number of fused-ring (bicyclic) bond motifs is 1. The van der Waals surface area contributed by atoms with Crippen molar-refractivity contribution >= 4 is 11.6 Å². The van der Waals surface area contributed by atoms with Crippen molar-refractivity contribution in [1.29, 1.82) is 0 Å². The molecule has 22 heavy (non-hydrogen) atoms. The Bertz CT molecular complexity index is 899. The third-order valence-corrected chi connectivity index (χ3v) is 3.63. The molecule has 0 saturated heterocycles. The number of pyridine rings is 2. The van der Waals surface area contributed by atoms with E-state index in [1.807, 2.05) is 6.07 Å². The molecule has 112 valence electrons. The normalized spacial score (nSPS) is 11.0. The lowest BCUT2D eigenvalue weighted by molar-refractivity contribution is 0.658. The van der Waals surface area contributed by atoms with Gasteiger partial charge in [0.25, 0.3) is 5.56 Å². The molecule has 0 bridgehead atoms. The highest BCUT2D eigenvalue weighted by atomic mass is 35.5. The van der Waals surface area contributed by atoms with Crippen LogP contribution in [0.2, 0.25) is 5.15 Å². The largest absolute Gasteiger partial charge is 0.352 e. The van der Waals surface area contributed by atoms with Crippen LogP contribution in [0.5, 0.6) is 0 Å². The molecule has 0 amide bonds. The zero-order valence-electron chi connectivity index (χ0n) is 11.9. The van der Waals surface area contributed by atoms with Gasteiger partial charge in [-0.15, -0.1) is 0 Å². The summed E-state index contributed by atoms with van der Waals surface area (Å²) in [5.74, 6) is 0.372. The van der Waals surface area contributed by atoms with Gasteiger partial charge in [-0.3, -0.25) is 9.36 Å². The zero-order chi connectivity index (χ0) is 15.7. The maximum Gasteiger partial charge on any atom is 0.352 e. The quantitative estimate of drug-likeness (QED) is 0.689. The fourth-order valence-corrected chi connectivity index (χ4v) is 2.43. The molecule has 0 aromatic carbocycles. The first-order valence-electron chi connectivity index (χ1n) is 6.80. The van der Waals surface area contributed by atoms with Crippen molar-refractivity contribution in [3.05, 3.63) is 68.2 Å². The van der Waals surface area contributed by atoms with Crippen molar-refractivity contribution in [3.63, 3.8) is 0 Å². The molecule has 0 radical (unpaired) electrons. The minimum absolute atomic E-state index is 0.302. The minimum atomic E-state index is -0.533. The third kappa shape index (κ3) is 2.53. The van der Waals surface area contributed by atoms with Gasteiger partial charge in [-0.25, -0.2) is 9.78 Å². The second-order valence-electron chi connectivity index (χ2n) is 4.81. The van der Waals surface area contributed by atoms with Crippen LogP contribution in [0.1, 0.15) is 12.5 Å². The van der Waals surface area contributed by atoms with Crippen LogP contribution in [0, 0.1) is 0 Å². The Morgan fingerprint density at radius 3 is 2.73 bits per heavy atom. The van der Waals surface area contributed by atoms with Gasteiger partial charge in [0.2, 0.25) is 0 Å². The lowest BCUT2D eigenvalue weighted by atomic mass is 10.2. The standard InChI is InChI=1S/C15H13ClN4O2/c1-2-20-14(21)11-4-3-7-19(13(11)18-15(20)22)9-10-5-6-12(16)17-8-10/h3-8H,2,9H2,1H3. The molecule has 0 aliphatic carbocycles. The summed E-state index contributed by atoms with van der Waals surface area (Å²) in [7, 11) is 0. The summed E-state index contributed by atoms with van der Waals surface area (Å²) in [6.45, 7) is 2.49. The highest BCUT2D eigenvalue weighted by Gasteiger charge is 2.16. The second kappa shape index (κ2) is 5.73. The molecular weight excluding hydrogens is 304 g/mol. The fourth-order valence-electron chi connectivity index (χ4n) is 2.32. The van der Waals surface area contributed by atoms with Gasteiger partial charge < -0.3 is 4.57 Å². The van der Waals surface area contributed by atoms with E-state index in [4.69, 9.17) is 11.6 Å². The Morgan fingerprint density at radius 2 is 2.05 bits per heavy atom. The first kappa shape index (κ1) is 14.5. The molecule has 2 aliphatic heterocycles. The fraction of sp³-hybridized carbons (Fsp3) is 0.200. The van der Waals surface area contributed by atoms with E-state index in [0.29, 0.717) is 29.6 Å². The number of hydrogen-bond acceptors (Lipinski definition) is 4. The van der Waals surface area contributed by atoms with Crippen molar-refractivity contribution in [2.24, 2.45) is 0 Å². The van der Waals surface area contributed by atoms with E-state index in [-0.39, 0.29) is 5.56 Å². The summed E-state index contributed by atoms with van der Waals surface area (Å²) in [5.41, 5.74) is 0.469. The summed E-state index contributed by atoms with van der Waals surface area (Å²) in [6.07, 6.45) is 3.43. The highest BCUT2D eigenvalue weighted by Crippen LogP contribution is 2.15. The molecule has 1 aromatic rings. The third-order valence-electron chi connectivity index (χ3n) is 3.41. The first-order valence-corrected chi connectivity index (χ1v) is 7.18. The van der Waals surface area contributed by atoms with Gasteiger partial charge in [-0.2, -0.15) is 4.98 Å². The van der Waals surface area contributed by atoms with E-state index >= 15 is 0 Å². The van der Waals surface area contributed by atoms with E-state index < -0.39 is 5.69 Å². The van der Waals surface area contributed by atoms with Crippen LogP contribution in [0.15, 0.2) is 46.2 Å². The molecule has 0 spiro atoms. The molecule has 0 N–H and O–H groups in total. The summed E-state index contributed by atoms with van der Waals surface area (Å²) >= 11 is 5.77. The van der Waals surface area contributed by atoms with E-state index in [1.165, 1.54) is 0 Å². The lowest BCUT2D eigenvalue weighted by Gasteiger charge is -2.14. The van der Waals surface area contributed by atoms with Gasteiger partial charge in [0, 0.05) is 18.9 Å². The van der Waals surface area contributed by atoms with Crippen LogP contribution in [0.3, 0.4) is 0 Å². The maximum atomic E-state index is 12.3. The van der Waals surface area contributed by atoms with Crippen LogP contribution < -0.4 is 11.2 Å². The van der Waals surface area contributed by atoms with Gasteiger partial charge in [0.05, 0.1) is 12.1 Å². The Hall–Kier alpha value is -2.47. The summed E-state index contributed by atoms with van der Waals surface area (Å²) in [6, 6.07) is 6.97. The van der Waals surface area contributed by atoms with Crippen LogP contribution in [0.25, 0.3) is 11.4 Å². The minimum Gasteiger partial charge on any atom is -0.328 e. The summed E-state index contributed by atoms with van der Waals surface area (Å²) in [4.78, 5) is 32.3. The number of hydrogen-bond donors (Lipinski definition) is 0. The zero-order valence-corrected chi connectivity index (χ0v) is 12.6. The van der Waals surface area contributed by atoms with Crippen molar-refractivity contribution in [2.75, 3.05) is 0 Å². The van der Waals surface area contributed by atoms with Crippen LogP contribution in [0.4, 0.5) is 0 Å². The predicted octanol–water partition coefficient (Wildman–Crippen LogP) is 1.63. The molecule has 2 aliphatic rings.